The van der Waals surface area contributed by atoms with Crippen LogP contribution in [0, 0.1) is 0 Å². The highest BCUT2D eigenvalue weighted by Gasteiger charge is 2.32. The topological polar surface area (TPSA) is 92.5 Å². The molecular formula is C18H23N3O4S. The number of amides is 1. The number of sulfonamides is 1. The highest BCUT2D eigenvalue weighted by atomic mass is 32.2. The van der Waals surface area contributed by atoms with Gasteiger partial charge in [-0.2, -0.15) is 4.31 Å². The molecule has 1 aliphatic rings. The Hall–Kier alpha value is -2.19. The summed E-state index contributed by atoms with van der Waals surface area (Å²) in [6.45, 7) is 4.59. The van der Waals surface area contributed by atoms with Crippen molar-refractivity contribution >= 4 is 15.9 Å². The molecule has 1 amide bonds. The molecule has 2 heterocycles. The Bertz CT molecular complexity index is 891. The fourth-order valence-electron chi connectivity index (χ4n) is 3.07. The lowest BCUT2D eigenvalue weighted by molar-refractivity contribution is 0.0947. The maximum Gasteiger partial charge on any atom is 0.251 e. The first kappa shape index (κ1) is 18.6. The van der Waals surface area contributed by atoms with Crippen LogP contribution in [0.25, 0.3) is 0 Å². The van der Waals surface area contributed by atoms with E-state index in [0.29, 0.717) is 17.9 Å². The molecule has 140 valence electrons. The number of hydrogen-bond acceptors (Lipinski definition) is 5. The van der Waals surface area contributed by atoms with Crippen LogP contribution in [0.1, 0.15) is 48.5 Å². The molecule has 7 nitrogen and oxygen atoms in total. The van der Waals surface area contributed by atoms with Crippen molar-refractivity contribution in [1.82, 2.24) is 14.8 Å². The Morgan fingerprint density at radius 2 is 2.19 bits per heavy atom. The Kier molecular flexibility index (Phi) is 5.43. The third-order valence-corrected chi connectivity index (χ3v) is 6.60. The Morgan fingerprint density at radius 1 is 1.38 bits per heavy atom. The van der Waals surface area contributed by atoms with E-state index in [-0.39, 0.29) is 23.4 Å². The summed E-state index contributed by atoms with van der Waals surface area (Å²) in [5, 5.41) is 6.60. The quantitative estimate of drug-likeness (QED) is 0.834. The smallest absolute Gasteiger partial charge is 0.251 e. The zero-order valence-corrected chi connectivity index (χ0v) is 15.8. The van der Waals surface area contributed by atoms with E-state index in [4.69, 9.17) is 4.52 Å². The second kappa shape index (κ2) is 7.59. The number of hydrogen-bond donors (Lipinski definition) is 1. The van der Waals surface area contributed by atoms with Gasteiger partial charge in [-0.1, -0.05) is 18.1 Å². The number of carbonyl (C=O) groups excluding carboxylic acids is 1. The lowest BCUT2D eigenvalue weighted by Gasteiger charge is -2.21. The van der Waals surface area contributed by atoms with Crippen LogP contribution in [0.15, 0.2) is 39.8 Å². The zero-order valence-electron chi connectivity index (χ0n) is 14.9. The second-order valence-electron chi connectivity index (χ2n) is 6.46. The first-order valence-corrected chi connectivity index (χ1v) is 10.2. The van der Waals surface area contributed by atoms with Crippen LogP contribution >= 0.6 is 0 Å². The maximum atomic E-state index is 12.8. The first-order chi connectivity index (χ1) is 12.4. The average Bonchev–Trinajstić information content (AvgIpc) is 3.28. The molecule has 2 aromatic rings. The number of rotatable bonds is 6. The first-order valence-electron chi connectivity index (χ1n) is 8.76. The molecule has 1 saturated heterocycles. The Morgan fingerprint density at radius 3 is 2.85 bits per heavy atom. The van der Waals surface area contributed by atoms with E-state index < -0.39 is 10.0 Å². The number of nitrogens with zero attached hydrogens (tertiary/aromatic N) is 2. The van der Waals surface area contributed by atoms with E-state index in [0.717, 1.165) is 25.0 Å². The van der Waals surface area contributed by atoms with Crippen molar-refractivity contribution < 1.29 is 17.7 Å². The summed E-state index contributed by atoms with van der Waals surface area (Å²) in [7, 11) is -3.59. The van der Waals surface area contributed by atoms with Gasteiger partial charge in [-0.25, -0.2) is 8.42 Å². The van der Waals surface area contributed by atoms with E-state index in [2.05, 4.69) is 10.5 Å². The molecule has 1 fully saturated rings. The minimum atomic E-state index is -3.59. The number of nitrogens with one attached hydrogen (secondary N) is 1. The lowest BCUT2D eigenvalue weighted by Crippen LogP contribution is -2.33. The third kappa shape index (κ3) is 3.81. The number of aromatic nitrogens is 1. The minimum Gasteiger partial charge on any atom is -0.359 e. The molecule has 0 aliphatic carbocycles. The molecule has 1 aromatic heterocycles. The molecule has 3 rings (SSSR count). The zero-order chi connectivity index (χ0) is 18.7. The number of aryl methyl sites for hydroxylation is 1. The summed E-state index contributed by atoms with van der Waals surface area (Å²) < 4.78 is 32.2. The van der Waals surface area contributed by atoms with Crippen LogP contribution in [0.4, 0.5) is 0 Å². The normalized spacial score (nSPS) is 18.2. The maximum absolute atomic E-state index is 12.8. The van der Waals surface area contributed by atoms with Gasteiger partial charge in [0.15, 0.2) is 5.76 Å². The van der Waals surface area contributed by atoms with Gasteiger partial charge in [0, 0.05) is 24.2 Å². The lowest BCUT2D eigenvalue weighted by atomic mass is 10.2. The van der Waals surface area contributed by atoms with Gasteiger partial charge in [0.05, 0.1) is 17.1 Å². The van der Waals surface area contributed by atoms with Gasteiger partial charge in [0.2, 0.25) is 10.0 Å². The fraction of sp³-hybridized carbons (Fsp3) is 0.444. The van der Waals surface area contributed by atoms with Crippen molar-refractivity contribution in [2.24, 2.45) is 0 Å². The van der Waals surface area contributed by atoms with Crippen LogP contribution in [-0.2, 0) is 23.0 Å². The number of carbonyl (C=O) groups is 1. The molecule has 1 aromatic carbocycles. The van der Waals surface area contributed by atoms with Crippen molar-refractivity contribution in [2.45, 2.75) is 50.6 Å². The molecule has 0 saturated carbocycles. The molecule has 1 aliphatic heterocycles. The van der Waals surface area contributed by atoms with E-state index in [1.165, 1.54) is 16.4 Å². The average molecular weight is 377 g/mol. The standard InChI is InChI=1S/C18H23N3O4S/c1-3-15-11-16(25-20-15)12-19-18(22)14-7-4-8-17(10-14)26(23,24)21-9-5-6-13(21)2/h4,7-8,10-11,13H,3,5-6,9,12H2,1-2H3,(H,19,22). The summed E-state index contributed by atoms with van der Waals surface area (Å²) in [5.41, 5.74) is 1.12. The van der Waals surface area contributed by atoms with Crippen LogP contribution in [0.5, 0.6) is 0 Å². The van der Waals surface area contributed by atoms with Gasteiger partial charge in [-0.15, -0.1) is 0 Å². The van der Waals surface area contributed by atoms with Crippen molar-refractivity contribution in [2.75, 3.05) is 6.54 Å². The van der Waals surface area contributed by atoms with Gasteiger partial charge in [-0.3, -0.25) is 4.79 Å². The van der Waals surface area contributed by atoms with Crippen molar-refractivity contribution in [3.8, 4) is 0 Å². The molecule has 1 unspecified atom stereocenters. The predicted octanol–water partition coefficient (Wildman–Crippen LogP) is 2.34. The van der Waals surface area contributed by atoms with Crippen LogP contribution in [0.3, 0.4) is 0 Å². The molecule has 0 spiro atoms. The molecule has 1 atom stereocenters. The summed E-state index contributed by atoms with van der Waals surface area (Å²) in [4.78, 5) is 12.5. The molecule has 26 heavy (non-hydrogen) atoms. The van der Waals surface area contributed by atoms with Crippen molar-refractivity contribution in [1.29, 1.82) is 0 Å². The molecule has 1 N–H and O–H groups in total. The van der Waals surface area contributed by atoms with Gasteiger partial charge in [0.25, 0.3) is 5.91 Å². The Labute approximate surface area is 153 Å². The molecule has 0 bridgehead atoms. The summed E-state index contributed by atoms with van der Waals surface area (Å²) in [6.07, 6.45) is 2.47. The second-order valence-corrected chi connectivity index (χ2v) is 8.35. The van der Waals surface area contributed by atoms with Crippen LogP contribution < -0.4 is 5.32 Å². The van der Waals surface area contributed by atoms with Crippen LogP contribution in [0.2, 0.25) is 0 Å². The predicted molar refractivity (Wildman–Crippen MR) is 96.1 cm³/mol. The monoisotopic (exact) mass is 377 g/mol. The molecule has 8 heteroatoms. The highest BCUT2D eigenvalue weighted by Crippen LogP contribution is 2.26. The van der Waals surface area contributed by atoms with Crippen molar-refractivity contribution in [3.05, 3.63) is 47.3 Å². The fourth-order valence-corrected chi connectivity index (χ4v) is 4.82. The molecular weight excluding hydrogens is 354 g/mol. The van der Waals surface area contributed by atoms with Gasteiger partial charge >= 0.3 is 0 Å². The van der Waals surface area contributed by atoms with E-state index in [1.54, 1.807) is 18.2 Å². The Balaban J connectivity index is 1.73. The third-order valence-electron chi connectivity index (χ3n) is 4.59. The van der Waals surface area contributed by atoms with Gasteiger partial charge < -0.3 is 9.84 Å². The van der Waals surface area contributed by atoms with E-state index in [1.807, 2.05) is 13.8 Å². The van der Waals surface area contributed by atoms with Crippen molar-refractivity contribution in [3.63, 3.8) is 0 Å². The summed E-state index contributed by atoms with van der Waals surface area (Å²) >= 11 is 0. The van der Waals surface area contributed by atoms with Gasteiger partial charge in [-0.05, 0) is 44.4 Å². The highest BCUT2D eigenvalue weighted by molar-refractivity contribution is 7.89. The SMILES string of the molecule is CCc1cc(CNC(=O)c2cccc(S(=O)(=O)N3CCCC3C)c2)on1. The largest absolute Gasteiger partial charge is 0.359 e. The minimum absolute atomic E-state index is 0.0169. The number of benzene rings is 1. The summed E-state index contributed by atoms with van der Waals surface area (Å²) in [5.74, 6) is 0.204. The van der Waals surface area contributed by atoms with Crippen LogP contribution in [-0.4, -0.2) is 36.4 Å². The van der Waals surface area contributed by atoms with E-state index >= 15 is 0 Å². The molecule has 0 radical (unpaired) electrons. The van der Waals surface area contributed by atoms with E-state index in [9.17, 15) is 13.2 Å². The summed E-state index contributed by atoms with van der Waals surface area (Å²) in [6, 6.07) is 7.91. The van der Waals surface area contributed by atoms with Gasteiger partial charge in [0.1, 0.15) is 0 Å².